The van der Waals surface area contributed by atoms with Gasteiger partial charge in [-0.05, 0) is 23.2 Å². The van der Waals surface area contributed by atoms with Gasteiger partial charge in [-0.1, -0.05) is 17.3 Å². The fourth-order valence-corrected chi connectivity index (χ4v) is 1.52. The van der Waals surface area contributed by atoms with Gasteiger partial charge in [0.1, 0.15) is 0 Å². The monoisotopic (exact) mass is 233 g/mol. The summed E-state index contributed by atoms with van der Waals surface area (Å²) in [5, 5.41) is 3.41. The zero-order chi connectivity index (χ0) is 12.1. The van der Waals surface area contributed by atoms with Gasteiger partial charge in [-0.3, -0.25) is 0 Å². The van der Waals surface area contributed by atoms with E-state index in [4.69, 9.17) is 19.7 Å². The van der Waals surface area contributed by atoms with Crippen LogP contribution in [0.25, 0.3) is 16.5 Å². The van der Waals surface area contributed by atoms with Gasteiger partial charge in [0.05, 0.1) is 7.11 Å². The molecule has 0 amide bonds. The molecule has 88 valence electrons. The third-order valence-corrected chi connectivity index (χ3v) is 2.24. The van der Waals surface area contributed by atoms with Crippen molar-refractivity contribution in [3.63, 3.8) is 0 Å². The van der Waals surface area contributed by atoms with Gasteiger partial charge in [-0.15, -0.1) is 0 Å². The summed E-state index contributed by atoms with van der Waals surface area (Å²) in [6.45, 7) is 0.519. The van der Waals surface area contributed by atoms with Crippen molar-refractivity contribution < 1.29 is 14.2 Å². The molecule has 6 heteroatoms. The van der Waals surface area contributed by atoms with Crippen molar-refractivity contribution in [2.45, 2.75) is 0 Å². The van der Waals surface area contributed by atoms with E-state index in [0.717, 1.165) is 5.56 Å². The number of ether oxygens (including phenoxy) is 3. The average molecular weight is 233 g/mol. The van der Waals surface area contributed by atoms with E-state index in [-0.39, 0.29) is 6.79 Å². The molecule has 0 unspecified atom stereocenters. The molecule has 0 spiro atoms. The van der Waals surface area contributed by atoms with Crippen LogP contribution in [-0.2, 0) is 0 Å². The van der Waals surface area contributed by atoms with Crippen LogP contribution in [0.2, 0.25) is 0 Å². The molecule has 1 aliphatic heterocycles. The molecule has 0 N–H and O–H groups in total. The summed E-state index contributed by atoms with van der Waals surface area (Å²) < 4.78 is 15.8. The van der Waals surface area contributed by atoms with E-state index < -0.39 is 0 Å². The number of benzene rings is 1. The van der Waals surface area contributed by atoms with Gasteiger partial charge in [0.25, 0.3) is 0 Å². The molecule has 1 aromatic carbocycles. The molecule has 1 aliphatic rings. The minimum Gasteiger partial charge on any atom is -0.493 e. The summed E-state index contributed by atoms with van der Waals surface area (Å²) >= 11 is 0. The number of methoxy groups -OCH3 is 1. The van der Waals surface area contributed by atoms with Crippen LogP contribution >= 0.6 is 0 Å². The van der Waals surface area contributed by atoms with Crippen molar-refractivity contribution in [2.24, 2.45) is 5.11 Å². The Morgan fingerprint density at radius 3 is 3.18 bits per heavy atom. The Bertz CT molecular complexity index is 493. The predicted octanol–water partition coefficient (Wildman–Crippen LogP) is 2.75. The van der Waals surface area contributed by atoms with Gasteiger partial charge < -0.3 is 14.2 Å². The minimum atomic E-state index is 0.206. The van der Waals surface area contributed by atoms with Crippen LogP contribution in [0.3, 0.4) is 0 Å². The summed E-state index contributed by atoms with van der Waals surface area (Å²) in [5.41, 5.74) is 9.04. The molecule has 6 nitrogen and oxygen atoms in total. The molecule has 1 aromatic rings. The first-order chi connectivity index (χ1) is 8.35. The highest BCUT2D eigenvalue weighted by atomic mass is 16.7. The minimum absolute atomic E-state index is 0.206. The fourth-order valence-electron chi connectivity index (χ4n) is 1.52. The fraction of sp³-hybridized carbons (Fsp3) is 0.273. The van der Waals surface area contributed by atoms with Crippen LogP contribution < -0.4 is 14.2 Å². The van der Waals surface area contributed by atoms with E-state index in [1.165, 1.54) is 0 Å². The van der Waals surface area contributed by atoms with E-state index in [0.29, 0.717) is 23.8 Å². The van der Waals surface area contributed by atoms with Crippen molar-refractivity contribution >= 4 is 6.08 Å². The normalized spacial score (nSPS) is 12.5. The van der Waals surface area contributed by atoms with Gasteiger partial charge in [0.15, 0.2) is 11.5 Å². The molecular weight excluding hydrogens is 222 g/mol. The summed E-state index contributed by atoms with van der Waals surface area (Å²) in [4.78, 5) is 2.66. The third-order valence-electron chi connectivity index (χ3n) is 2.24. The highest BCUT2D eigenvalue weighted by Gasteiger charge is 2.19. The van der Waals surface area contributed by atoms with Crippen molar-refractivity contribution in [3.05, 3.63) is 34.2 Å². The molecule has 0 saturated carbocycles. The SMILES string of the molecule is COc1cc(C=CCN=[N+]=[N-])cc2c1OCO2. The van der Waals surface area contributed by atoms with Gasteiger partial charge in [-0.2, -0.15) is 0 Å². The van der Waals surface area contributed by atoms with E-state index in [1.807, 2.05) is 18.2 Å². The number of nitrogens with zero attached hydrogens (tertiary/aromatic N) is 3. The van der Waals surface area contributed by atoms with Gasteiger partial charge in [0.2, 0.25) is 12.5 Å². The number of azide groups is 1. The smallest absolute Gasteiger partial charge is 0.231 e. The summed E-state index contributed by atoms with van der Waals surface area (Å²) in [6, 6.07) is 3.68. The standard InChI is InChI=1S/C11H11N3O3/c1-15-9-5-8(3-2-4-13-14-12)6-10-11(9)17-7-16-10/h2-3,5-6H,4,7H2,1H3. The third kappa shape index (κ3) is 2.43. The molecule has 0 bridgehead atoms. The van der Waals surface area contributed by atoms with Crippen LogP contribution in [0.1, 0.15) is 5.56 Å². The van der Waals surface area contributed by atoms with Crippen LogP contribution in [0, 0.1) is 0 Å². The Labute approximate surface area is 98.0 Å². The second kappa shape index (κ2) is 5.14. The Kier molecular flexibility index (Phi) is 3.37. The van der Waals surface area contributed by atoms with Crippen molar-refractivity contribution in [1.82, 2.24) is 0 Å². The maximum absolute atomic E-state index is 8.14. The largest absolute Gasteiger partial charge is 0.493 e. The second-order valence-electron chi connectivity index (χ2n) is 3.27. The molecule has 0 fully saturated rings. The highest BCUT2D eigenvalue weighted by Crippen LogP contribution is 2.41. The lowest BCUT2D eigenvalue weighted by Crippen LogP contribution is -1.93. The van der Waals surface area contributed by atoms with E-state index >= 15 is 0 Å². The molecule has 1 heterocycles. The zero-order valence-electron chi connectivity index (χ0n) is 9.29. The first-order valence-electron chi connectivity index (χ1n) is 5.00. The lowest BCUT2D eigenvalue weighted by Gasteiger charge is -2.05. The van der Waals surface area contributed by atoms with Crippen LogP contribution in [0.15, 0.2) is 23.3 Å². The maximum atomic E-state index is 8.14. The Hall–Kier alpha value is -2.33. The van der Waals surface area contributed by atoms with E-state index in [9.17, 15) is 0 Å². The van der Waals surface area contributed by atoms with Crippen molar-refractivity contribution in [1.29, 1.82) is 0 Å². The maximum Gasteiger partial charge on any atom is 0.231 e. The molecule has 0 aromatic heterocycles. The average Bonchev–Trinajstić information content (AvgIpc) is 2.81. The van der Waals surface area contributed by atoms with Crippen molar-refractivity contribution in [3.8, 4) is 17.2 Å². The molecule has 0 saturated heterocycles. The van der Waals surface area contributed by atoms with E-state index in [2.05, 4.69) is 10.0 Å². The Morgan fingerprint density at radius 1 is 1.53 bits per heavy atom. The molecule has 0 atom stereocenters. The number of hydrogen-bond acceptors (Lipinski definition) is 4. The lowest BCUT2D eigenvalue weighted by atomic mass is 10.1. The number of hydrogen-bond donors (Lipinski definition) is 0. The Morgan fingerprint density at radius 2 is 2.41 bits per heavy atom. The van der Waals surface area contributed by atoms with Crippen molar-refractivity contribution in [2.75, 3.05) is 20.4 Å². The molecule has 2 rings (SSSR count). The van der Waals surface area contributed by atoms with Crippen LogP contribution in [0.4, 0.5) is 0 Å². The number of rotatable bonds is 4. The second-order valence-corrected chi connectivity index (χ2v) is 3.27. The van der Waals surface area contributed by atoms with Gasteiger partial charge in [0, 0.05) is 11.5 Å². The number of fused-ring (bicyclic) bond motifs is 1. The quantitative estimate of drug-likeness (QED) is 0.455. The summed E-state index contributed by atoms with van der Waals surface area (Å²) in [5.74, 6) is 1.91. The first kappa shape index (κ1) is 11.2. The molecule has 0 aliphatic carbocycles. The summed E-state index contributed by atoms with van der Waals surface area (Å²) in [7, 11) is 1.57. The topological polar surface area (TPSA) is 76.5 Å². The molecular formula is C11H11N3O3. The van der Waals surface area contributed by atoms with Gasteiger partial charge in [-0.25, -0.2) is 0 Å². The molecule has 0 radical (unpaired) electrons. The lowest BCUT2D eigenvalue weighted by molar-refractivity contribution is 0.171. The molecule has 17 heavy (non-hydrogen) atoms. The zero-order valence-corrected chi connectivity index (χ0v) is 9.29. The first-order valence-corrected chi connectivity index (χ1v) is 5.00. The van der Waals surface area contributed by atoms with Gasteiger partial charge >= 0.3 is 0 Å². The Balaban J connectivity index is 2.24. The highest BCUT2D eigenvalue weighted by molar-refractivity contribution is 5.62. The predicted molar refractivity (Wildman–Crippen MR) is 62.2 cm³/mol. The van der Waals surface area contributed by atoms with Crippen LogP contribution in [0.5, 0.6) is 17.2 Å². The summed E-state index contributed by atoms with van der Waals surface area (Å²) in [6.07, 6.45) is 3.59. The van der Waals surface area contributed by atoms with Crippen LogP contribution in [-0.4, -0.2) is 20.4 Å². The van der Waals surface area contributed by atoms with E-state index in [1.54, 1.807) is 13.2 Å².